The van der Waals surface area contributed by atoms with Crippen LogP contribution in [-0.2, 0) is 0 Å². The standard InChI is InChI=1S/C5H8.C4H4O.C4H4S/c3*1-2-4-5-3-1/h1-2H,3-5H2;2*1-4H. The highest BCUT2D eigenvalue weighted by atomic mass is 32.1. The molecule has 0 radical (unpaired) electrons. The molecule has 0 aliphatic heterocycles. The third kappa shape index (κ3) is 7.77. The molecule has 2 aromatic rings. The largest absolute Gasteiger partial charge is 0.473 e. The van der Waals surface area contributed by atoms with Crippen molar-refractivity contribution in [2.24, 2.45) is 0 Å². The van der Waals surface area contributed by atoms with E-state index in [-0.39, 0.29) is 0 Å². The maximum Gasteiger partial charge on any atom is 0.0902 e. The zero-order chi connectivity index (χ0) is 10.6. The van der Waals surface area contributed by atoms with Crippen molar-refractivity contribution >= 4 is 11.3 Å². The molecule has 1 aliphatic carbocycles. The summed E-state index contributed by atoms with van der Waals surface area (Å²) in [5, 5.41) is 4.08. The van der Waals surface area contributed by atoms with Gasteiger partial charge in [0.2, 0.25) is 0 Å². The maximum atomic E-state index is 4.58. The van der Waals surface area contributed by atoms with Crippen molar-refractivity contribution in [1.29, 1.82) is 0 Å². The van der Waals surface area contributed by atoms with Gasteiger partial charge in [0.1, 0.15) is 0 Å². The van der Waals surface area contributed by atoms with Crippen LogP contribution in [0.4, 0.5) is 0 Å². The van der Waals surface area contributed by atoms with Crippen LogP contribution in [0.2, 0.25) is 0 Å². The zero-order valence-electron chi connectivity index (χ0n) is 8.71. The number of hydrogen-bond acceptors (Lipinski definition) is 2. The molecule has 0 saturated heterocycles. The fourth-order valence-corrected chi connectivity index (χ4v) is 1.50. The Balaban J connectivity index is 0.000000112. The quantitative estimate of drug-likeness (QED) is 0.584. The zero-order valence-corrected chi connectivity index (χ0v) is 9.53. The van der Waals surface area contributed by atoms with Crippen LogP contribution in [0.3, 0.4) is 0 Å². The number of rotatable bonds is 0. The number of thiophene rings is 1. The Morgan fingerprint density at radius 3 is 1.60 bits per heavy atom. The van der Waals surface area contributed by atoms with Gasteiger partial charge in [0, 0.05) is 0 Å². The average molecular weight is 220 g/mol. The van der Waals surface area contributed by atoms with Crippen LogP contribution >= 0.6 is 11.3 Å². The highest BCUT2D eigenvalue weighted by Crippen LogP contribution is 2.05. The van der Waals surface area contributed by atoms with E-state index in [2.05, 4.69) is 16.6 Å². The third-order valence-corrected chi connectivity index (χ3v) is 2.39. The van der Waals surface area contributed by atoms with E-state index in [1.54, 1.807) is 23.9 Å². The SMILES string of the molecule is C1=CCCC1.c1ccoc1.c1ccsc1. The Kier molecular flexibility index (Phi) is 7.30. The van der Waals surface area contributed by atoms with Crippen molar-refractivity contribution in [1.82, 2.24) is 0 Å². The predicted molar refractivity (Wildman–Crippen MR) is 66.0 cm³/mol. The first-order valence-electron chi connectivity index (χ1n) is 5.09. The van der Waals surface area contributed by atoms with E-state index in [9.17, 15) is 0 Å². The van der Waals surface area contributed by atoms with Crippen molar-refractivity contribution in [3.8, 4) is 0 Å². The van der Waals surface area contributed by atoms with Gasteiger partial charge >= 0.3 is 0 Å². The van der Waals surface area contributed by atoms with E-state index in [0.29, 0.717) is 0 Å². The fourth-order valence-electron chi connectivity index (χ4n) is 1.04. The van der Waals surface area contributed by atoms with Gasteiger partial charge in [-0.3, -0.25) is 0 Å². The molecule has 0 N–H and O–H groups in total. The van der Waals surface area contributed by atoms with Crippen molar-refractivity contribution in [2.45, 2.75) is 19.3 Å². The summed E-state index contributed by atoms with van der Waals surface area (Å²) in [7, 11) is 0. The summed E-state index contributed by atoms with van der Waals surface area (Å²) in [5.41, 5.74) is 0. The molecule has 0 unspecified atom stereocenters. The van der Waals surface area contributed by atoms with Crippen LogP contribution in [0.15, 0.2) is 64.1 Å². The van der Waals surface area contributed by atoms with Gasteiger partial charge in [0.25, 0.3) is 0 Å². The van der Waals surface area contributed by atoms with Gasteiger partial charge in [-0.05, 0) is 42.2 Å². The van der Waals surface area contributed by atoms with Crippen LogP contribution < -0.4 is 0 Å². The van der Waals surface area contributed by atoms with Gasteiger partial charge in [0.15, 0.2) is 0 Å². The molecule has 0 fully saturated rings. The molecule has 0 saturated carbocycles. The molecular formula is C13H16OS. The second kappa shape index (κ2) is 9.28. The van der Waals surface area contributed by atoms with E-state index in [1.165, 1.54) is 19.3 Å². The van der Waals surface area contributed by atoms with Crippen molar-refractivity contribution < 1.29 is 4.42 Å². The molecule has 2 aromatic heterocycles. The number of allylic oxidation sites excluding steroid dienone is 2. The van der Waals surface area contributed by atoms with E-state index >= 15 is 0 Å². The lowest BCUT2D eigenvalue weighted by Crippen LogP contribution is -1.50. The molecule has 0 aromatic carbocycles. The minimum Gasteiger partial charge on any atom is -0.473 e. The smallest absolute Gasteiger partial charge is 0.0902 e. The van der Waals surface area contributed by atoms with Gasteiger partial charge in [-0.1, -0.05) is 24.3 Å². The summed E-state index contributed by atoms with van der Waals surface area (Å²) in [6.07, 6.45) is 11.8. The summed E-state index contributed by atoms with van der Waals surface area (Å²) < 4.78 is 4.58. The number of hydrogen-bond donors (Lipinski definition) is 0. The molecule has 3 rings (SSSR count). The molecule has 0 spiro atoms. The maximum absolute atomic E-state index is 4.58. The second-order valence-electron chi connectivity index (χ2n) is 2.99. The normalized spacial score (nSPS) is 12.3. The molecule has 1 nitrogen and oxygen atoms in total. The van der Waals surface area contributed by atoms with Crippen LogP contribution in [0.1, 0.15) is 19.3 Å². The Labute approximate surface area is 95.1 Å². The first-order chi connectivity index (χ1) is 7.50. The average Bonchev–Trinajstić information content (AvgIpc) is 3.09. The van der Waals surface area contributed by atoms with Crippen molar-refractivity contribution in [3.63, 3.8) is 0 Å². The topological polar surface area (TPSA) is 13.1 Å². The Hall–Kier alpha value is -1.28. The second-order valence-corrected chi connectivity index (χ2v) is 3.81. The minimum absolute atomic E-state index is 1.32. The molecular weight excluding hydrogens is 204 g/mol. The van der Waals surface area contributed by atoms with E-state index in [0.717, 1.165) is 0 Å². The highest BCUT2D eigenvalue weighted by Gasteiger charge is 1.84. The van der Waals surface area contributed by atoms with Crippen molar-refractivity contribution in [2.75, 3.05) is 0 Å². The first kappa shape index (κ1) is 11.8. The third-order valence-electron chi connectivity index (χ3n) is 1.76. The van der Waals surface area contributed by atoms with Gasteiger partial charge < -0.3 is 4.42 Å². The Morgan fingerprint density at radius 1 is 0.800 bits per heavy atom. The molecule has 0 amide bonds. The summed E-state index contributed by atoms with van der Waals surface area (Å²) in [4.78, 5) is 0. The predicted octanol–water partition coefficient (Wildman–Crippen LogP) is 4.75. The molecule has 1 aliphatic rings. The number of furan rings is 1. The van der Waals surface area contributed by atoms with Crippen LogP contribution in [-0.4, -0.2) is 0 Å². The lowest BCUT2D eigenvalue weighted by atomic mass is 10.4. The summed E-state index contributed by atoms with van der Waals surface area (Å²) in [6, 6.07) is 7.70. The molecule has 2 heterocycles. The van der Waals surface area contributed by atoms with Crippen LogP contribution in [0.25, 0.3) is 0 Å². The van der Waals surface area contributed by atoms with Crippen molar-refractivity contribution in [3.05, 3.63) is 59.7 Å². The first-order valence-corrected chi connectivity index (χ1v) is 6.04. The Bertz CT molecular complexity index is 241. The van der Waals surface area contributed by atoms with E-state index in [1.807, 2.05) is 35.0 Å². The molecule has 80 valence electrons. The molecule has 15 heavy (non-hydrogen) atoms. The molecule has 0 atom stereocenters. The van der Waals surface area contributed by atoms with E-state index in [4.69, 9.17) is 0 Å². The van der Waals surface area contributed by atoms with Gasteiger partial charge in [0.05, 0.1) is 12.5 Å². The lowest BCUT2D eigenvalue weighted by molar-refractivity contribution is 0.567. The van der Waals surface area contributed by atoms with Crippen LogP contribution in [0, 0.1) is 0 Å². The van der Waals surface area contributed by atoms with Gasteiger partial charge in [-0.15, -0.1) is 0 Å². The Morgan fingerprint density at radius 2 is 1.40 bits per heavy atom. The van der Waals surface area contributed by atoms with Gasteiger partial charge in [-0.25, -0.2) is 0 Å². The highest BCUT2D eigenvalue weighted by molar-refractivity contribution is 7.07. The minimum atomic E-state index is 1.32. The van der Waals surface area contributed by atoms with Gasteiger partial charge in [-0.2, -0.15) is 11.3 Å². The summed E-state index contributed by atoms with van der Waals surface area (Å²) in [6.45, 7) is 0. The van der Waals surface area contributed by atoms with E-state index < -0.39 is 0 Å². The molecule has 2 heteroatoms. The molecule has 0 bridgehead atoms. The summed E-state index contributed by atoms with van der Waals surface area (Å²) >= 11 is 1.71. The summed E-state index contributed by atoms with van der Waals surface area (Å²) in [5.74, 6) is 0. The lowest BCUT2D eigenvalue weighted by Gasteiger charge is -1.69. The van der Waals surface area contributed by atoms with Crippen LogP contribution in [0.5, 0.6) is 0 Å². The monoisotopic (exact) mass is 220 g/mol. The fraction of sp³-hybridized carbons (Fsp3) is 0.231.